The molecule has 2 heteroatoms. The van der Waals surface area contributed by atoms with Crippen molar-refractivity contribution in [2.24, 2.45) is 0 Å². The molecule has 0 aliphatic heterocycles. The van der Waals surface area contributed by atoms with Crippen LogP contribution in [0.2, 0.25) is 0 Å². The van der Waals surface area contributed by atoms with Crippen LogP contribution in [0.3, 0.4) is 0 Å². The fraction of sp³-hybridized carbons (Fsp3) is 0. The summed E-state index contributed by atoms with van der Waals surface area (Å²) in [6.07, 6.45) is 0. The summed E-state index contributed by atoms with van der Waals surface area (Å²) < 4.78 is 2.58. The Morgan fingerprint density at radius 1 is 0.267 bits per heavy atom. The molecule has 0 atom stereocenters. The van der Waals surface area contributed by atoms with Gasteiger partial charge in [-0.1, -0.05) is 182 Å². The fourth-order valence-electron chi connectivity index (χ4n) is 8.55. The summed E-state index contributed by atoms with van der Waals surface area (Å²) in [5.41, 5.74) is 15.5. The van der Waals surface area contributed by atoms with Crippen molar-refractivity contribution in [1.82, 2.24) is 0 Å². The summed E-state index contributed by atoms with van der Waals surface area (Å²) in [5, 5.41) is 5.10. The monoisotopic (exact) mass is 781 g/mol. The van der Waals surface area contributed by atoms with Crippen LogP contribution < -0.4 is 4.90 Å². The van der Waals surface area contributed by atoms with E-state index in [0.29, 0.717) is 0 Å². The van der Waals surface area contributed by atoms with Crippen LogP contribution in [-0.4, -0.2) is 0 Å². The van der Waals surface area contributed by atoms with E-state index < -0.39 is 0 Å². The Bertz CT molecular complexity index is 3290. The number of benzene rings is 10. The summed E-state index contributed by atoms with van der Waals surface area (Å²) in [6, 6.07) is 86.1. The zero-order valence-electron chi connectivity index (χ0n) is 32.9. The highest BCUT2D eigenvalue weighted by molar-refractivity contribution is 7.26. The number of hydrogen-bond acceptors (Lipinski definition) is 2. The predicted molar refractivity (Wildman–Crippen MR) is 259 cm³/mol. The van der Waals surface area contributed by atoms with Crippen LogP contribution in [0.25, 0.3) is 86.6 Å². The first-order valence-electron chi connectivity index (χ1n) is 20.5. The minimum Gasteiger partial charge on any atom is -0.309 e. The van der Waals surface area contributed by atoms with Gasteiger partial charge in [0, 0.05) is 26.8 Å². The maximum absolute atomic E-state index is 2.42. The molecule has 0 unspecified atom stereocenters. The lowest BCUT2D eigenvalue weighted by Gasteiger charge is -2.26. The van der Waals surface area contributed by atoms with Crippen molar-refractivity contribution in [2.75, 3.05) is 4.90 Å². The Kier molecular flexibility index (Phi) is 9.11. The number of rotatable bonds is 8. The fourth-order valence-corrected chi connectivity index (χ4v) is 9.76. The molecule has 1 heterocycles. The summed E-state index contributed by atoms with van der Waals surface area (Å²) in [7, 11) is 0. The van der Waals surface area contributed by atoms with Gasteiger partial charge < -0.3 is 4.90 Å². The van der Waals surface area contributed by atoms with Crippen LogP contribution in [0.4, 0.5) is 17.1 Å². The average Bonchev–Trinajstić information content (AvgIpc) is 3.72. The van der Waals surface area contributed by atoms with Crippen molar-refractivity contribution in [3.63, 3.8) is 0 Å². The third-order valence-corrected chi connectivity index (χ3v) is 12.9. The zero-order chi connectivity index (χ0) is 39.8. The van der Waals surface area contributed by atoms with Crippen molar-refractivity contribution in [2.45, 2.75) is 0 Å². The Morgan fingerprint density at radius 3 is 1.32 bits per heavy atom. The maximum Gasteiger partial charge on any atom is 0.0640 e. The molecular formula is C58H39NS. The molecule has 1 aromatic heterocycles. The van der Waals surface area contributed by atoms with Crippen molar-refractivity contribution in [3.8, 4) is 55.6 Å². The summed E-state index contributed by atoms with van der Waals surface area (Å²) in [5.74, 6) is 0. The first-order chi connectivity index (χ1) is 29.7. The van der Waals surface area contributed by atoms with Crippen LogP contribution in [-0.2, 0) is 0 Å². The summed E-state index contributed by atoms with van der Waals surface area (Å²) >= 11 is 1.86. The van der Waals surface area contributed by atoms with Crippen LogP contribution >= 0.6 is 11.3 Å². The van der Waals surface area contributed by atoms with Gasteiger partial charge in [0.05, 0.1) is 10.4 Å². The largest absolute Gasteiger partial charge is 0.309 e. The molecule has 1 nitrogen and oxygen atoms in total. The van der Waals surface area contributed by atoms with E-state index >= 15 is 0 Å². The van der Waals surface area contributed by atoms with E-state index in [0.717, 1.165) is 11.4 Å². The highest BCUT2D eigenvalue weighted by Crippen LogP contribution is 2.45. The summed E-state index contributed by atoms with van der Waals surface area (Å²) in [6.45, 7) is 0. The van der Waals surface area contributed by atoms with Gasteiger partial charge in [-0.15, -0.1) is 11.3 Å². The lowest BCUT2D eigenvalue weighted by Crippen LogP contribution is -2.10. The van der Waals surface area contributed by atoms with Crippen LogP contribution in [0.5, 0.6) is 0 Å². The van der Waals surface area contributed by atoms with Gasteiger partial charge in [0.25, 0.3) is 0 Å². The lowest BCUT2D eigenvalue weighted by molar-refractivity contribution is 1.30. The molecule has 0 bridgehead atoms. The second kappa shape index (κ2) is 15.3. The Labute approximate surface area is 354 Å². The second-order valence-corrected chi connectivity index (χ2v) is 16.4. The molecule has 0 saturated heterocycles. The zero-order valence-corrected chi connectivity index (χ0v) is 33.7. The van der Waals surface area contributed by atoms with E-state index in [1.165, 1.54) is 92.3 Å². The van der Waals surface area contributed by atoms with Gasteiger partial charge in [-0.2, -0.15) is 0 Å². The molecule has 0 spiro atoms. The third-order valence-electron chi connectivity index (χ3n) is 11.7. The molecule has 0 radical (unpaired) electrons. The standard InChI is InChI=1S/C58H39NS/c1-2-11-40(12-3-1)42-23-25-43(26-24-42)44-29-33-52(34-30-44)59(56-21-10-20-55-54-19-6-7-22-57(54)60-58(55)56)53-35-31-45(32-36-53)47-15-8-16-48(37-47)49-17-9-18-50(39-49)51-28-27-41-13-4-5-14-46(41)38-51/h1-39H. The molecule has 60 heavy (non-hydrogen) atoms. The molecule has 0 N–H and O–H groups in total. The number of thiophene rings is 1. The van der Waals surface area contributed by atoms with E-state index in [1.54, 1.807) is 0 Å². The van der Waals surface area contributed by atoms with Crippen LogP contribution in [0, 0.1) is 0 Å². The first-order valence-corrected chi connectivity index (χ1v) is 21.3. The lowest BCUT2D eigenvalue weighted by atomic mass is 9.95. The van der Waals surface area contributed by atoms with Gasteiger partial charge in [0.1, 0.15) is 0 Å². The van der Waals surface area contributed by atoms with Gasteiger partial charge >= 0.3 is 0 Å². The smallest absolute Gasteiger partial charge is 0.0640 e. The van der Waals surface area contributed by atoms with E-state index in [4.69, 9.17) is 0 Å². The maximum atomic E-state index is 2.42. The molecule has 282 valence electrons. The highest BCUT2D eigenvalue weighted by Gasteiger charge is 2.18. The SMILES string of the molecule is c1ccc(-c2ccc(-c3ccc(N(c4ccc(-c5cccc(-c6cccc(-c7ccc8ccccc8c7)c6)c5)cc4)c4cccc5c4sc4ccccc45)cc3)cc2)cc1. The minimum atomic E-state index is 1.11. The van der Waals surface area contributed by atoms with E-state index in [-0.39, 0.29) is 0 Å². The molecule has 0 aliphatic carbocycles. The van der Waals surface area contributed by atoms with Gasteiger partial charge in [0.15, 0.2) is 0 Å². The van der Waals surface area contributed by atoms with Crippen molar-refractivity contribution in [1.29, 1.82) is 0 Å². The second-order valence-electron chi connectivity index (χ2n) is 15.3. The van der Waals surface area contributed by atoms with Crippen molar-refractivity contribution in [3.05, 3.63) is 237 Å². The molecule has 10 aromatic carbocycles. The quantitative estimate of drug-likeness (QED) is 0.148. The average molecular weight is 782 g/mol. The van der Waals surface area contributed by atoms with Gasteiger partial charge in [-0.25, -0.2) is 0 Å². The normalized spacial score (nSPS) is 11.3. The molecular weight excluding hydrogens is 743 g/mol. The number of hydrogen-bond donors (Lipinski definition) is 0. The molecule has 11 rings (SSSR count). The predicted octanol–water partition coefficient (Wildman–Crippen LogP) is 17.0. The van der Waals surface area contributed by atoms with Crippen molar-refractivity contribution >= 4 is 59.3 Å². The van der Waals surface area contributed by atoms with Gasteiger partial charge in [-0.05, 0) is 121 Å². The number of anilines is 3. The number of fused-ring (bicyclic) bond motifs is 4. The Morgan fingerprint density at radius 2 is 0.683 bits per heavy atom. The Balaban J connectivity index is 0.938. The van der Waals surface area contributed by atoms with Gasteiger partial charge in [-0.3, -0.25) is 0 Å². The van der Waals surface area contributed by atoms with E-state index in [9.17, 15) is 0 Å². The number of nitrogens with zero attached hydrogens (tertiary/aromatic N) is 1. The van der Waals surface area contributed by atoms with Crippen LogP contribution in [0.15, 0.2) is 237 Å². The molecule has 0 aliphatic rings. The Hall–Kier alpha value is -7.52. The first kappa shape index (κ1) is 35.6. The van der Waals surface area contributed by atoms with Crippen molar-refractivity contribution < 1.29 is 0 Å². The highest BCUT2D eigenvalue weighted by atomic mass is 32.1. The molecule has 11 aromatic rings. The van der Waals surface area contributed by atoms with E-state index in [1.807, 2.05) is 11.3 Å². The third kappa shape index (κ3) is 6.73. The molecule has 0 fully saturated rings. The van der Waals surface area contributed by atoms with Gasteiger partial charge in [0.2, 0.25) is 0 Å². The molecule has 0 saturated carbocycles. The van der Waals surface area contributed by atoms with E-state index in [2.05, 4.69) is 241 Å². The molecule has 0 amide bonds. The summed E-state index contributed by atoms with van der Waals surface area (Å²) in [4.78, 5) is 2.42. The topological polar surface area (TPSA) is 3.24 Å². The van der Waals surface area contributed by atoms with Crippen LogP contribution in [0.1, 0.15) is 0 Å². The minimum absolute atomic E-state index is 1.11.